The fraction of sp³-hybridized carbons (Fsp3) is 0.130. The minimum absolute atomic E-state index is 0.115. The van der Waals surface area contributed by atoms with Crippen molar-refractivity contribution >= 4 is 28.9 Å². The molecule has 2 aromatic carbocycles. The zero-order chi connectivity index (χ0) is 23.1. The second kappa shape index (κ2) is 8.25. The molecule has 1 aliphatic rings. The molecule has 0 atom stereocenters. The van der Waals surface area contributed by atoms with Crippen LogP contribution in [0.1, 0.15) is 34.7 Å². The summed E-state index contributed by atoms with van der Waals surface area (Å²) < 4.78 is 28.6. The van der Waals surface area contributed by atoms with Crippen LogP contribution >= 0.6 is 11.6 Å². The lowest BCUT2D eigenvalue weighted by molar-refractivity contribution is 0.102. The van der Waals surface area contributed by atoms with Crippen LogP contribution in [0.2, 0.25) is 5.02 Å². The first-order chi connectivity index (χ1) is 15.9. The molecule has 1 saturated carbocycles. The minimum Gasteiger partial charge on any atom is -0.398 e. The summed E-state index contributed by atoms with van der Waals surface area (Å²) in [6.45, 7) is 0. The van der Waals surface area contributed by atoms with Crippen LogP contribution in [0.15, 0.2) is 55.0 Å². The van der Waals surface area contributed by atoms with E-state index in [0.29, 0.717) is 22.6 Å². The third-order valence-electron chi connectivity index (χ3n) is 5.39. The Hall–Kier alpha value is -3.85. The molecule has 3 N–H and O–H groups in total. The maximum Gasteiger partial charge on any atom is 0.258 e. The van der Waals surface area contributed by atoms with Crippen molar-refractivity contribution in [2.45, 2.75) is 18.8 Å². The Morgan fingerprint density at radius 3 is 2.52 bits per heavy atom. The van der Waals surface area contributed by atoms with Crippen LogP contribution in [0.3, 0.4) is 0 Å². The van der Waals surface area contributed by atoms with Gasteiger partial charge in [0.25, 0.3) is 5.91 Å². The van der Waals surface area contributed by atoms with Gasteiger partial charge in [0.2, 0.25) is 0 Å². The van der Waals surface area contributed by atoms with Crippen molar-refractivity contribution in [3.05, 3.63) is 82.8 Å². The Morgan fingerprint density at radius 2 is 1.85 bits per heavy atom. The van der Waals surface area contributed by atoms with Crippen LogP contribution < -0.4 is 11.1 Å². The van der Waals surface area contributed by atoms with Gasteiger partial charge in [-0.2, -0.15) is 10.2 Å². The molecule has 0 bridgehead atoms. The Balaban J connectivity index is 1.46. The topological polar surface area (TPSA) is 98.7 Å². The molecule has 0 unspecified atom stereocenters. The summed E-state index contributed by atoms with van der Waals surface area (Å²) in [5, 5.41) is 10.8. The number of halogens is 3. The average Bonchev–Trinajstić information content (AvgIpc) is 3.47. The van der Waals surface area contributed by atoms with Crippen LogP contribution in [0.5, 0.6) is 0 Å². The van der Waals surface area contributed by atoms with Crippen LogP contribution in [-0.2, 0) is 0 Å². The van der Waals surface area contributed by atoms with Crippen molar-refractivity contribution in [2.75, 3.05) is 11.1 Å². The summed E-state index contributed by atoms with van der Waals surface area (Å²) in [7, 11) is 0. The van der Waals surface area contributed by atoms with E-state index >= 15 is 4.39 Å². The van der Waals surface area contributed by atoms with Crippen LogP contribution in [0, 0.1) is 11.6 Å². The lowest BCUT2D eigenvalue weighted by Gasteiger charge is -2.15. The number of anilines is 2. The van der Waals surface area contributed by atoms with Gasteiger partial charge in [0, 0.05) is 11.3 Å². The summed E-state index contributed by atoms with van der Waals surface area (Å²) >= 11 is 6.24. The molecule has 5 rings (SSSR count). The molecular weight excluding hydrogens is 450 g/mol. The van der Waals surface area contributed by atoms with Crippen LogP contribution in [-0.4, -0.2) is 25.9 Å². The number of nitrogens with zero attached hydrogens (tertiary/aromatic N) is 4. The molecule has 1 amide bonds. The molecule has 7 nitrogen and oxygen atoms in total. The van der Waals surface area contributed by atoms with Gasteiger partial charge in [-0.05, 0) is 66.3 Å². The monoisotopic (exact) mass is 466 g/mol. The summed E-state index contributed by atoms with van der Waals surface area (Å²) in [6, 6.07) is 8.30. The van der Waals surface area contributed by atoms with Crippen molar-refractivity contribution in [3.63, 3.8) is 0 Å². The van der Waals surface area contributed by atoms with E-state index in [1.165, 1.54) is 59.8 Å². The Bertz CT molecular complexity index is 1370. The van der Waals surface area contributed by atoms with E-state index < -0.39 is 17.5 Å². The number of hydrogen-bond donors (Lipinski definition) is 2. The highest BCUT2D eigenvalue weighted by Crippen LogP contribution is 2.46. The number of nitrogen functional groups attached to an aromatic ring is 1. The number of nitrogens with one attached hydrogen (secondary N) is 1. The highest BCUT2D eigenvalue weighted by atomic mass is 35.5. The molecular formula is C23H17ClF2N6O. The lowest BCUT2D eigenvalue weighted by atomic mass is 9.93. The highest BCUT2D eigenvalue weighted by Gasteiger charge is 2.29. The van der Waals surface area contributed by atoms with Gasteiger partial charge in [-0.3, -0.25) is 4.79 Å². The number of nitrogens with two attached hydrogens (primary N) is 1. The van der Waals surface area contributed by atoms with E-state index in [1.807, 2.05) is 0 Å². The third-order valence-corrected chi connectivity index (χ3v) is 5.67. The number of benzene rings is 2. The molecule has 0 spiro atoms. The van der Waals surface area contributed by atoms with Gasteiger partial charge < -0.3 is 11.1 Å². The number of rotatable bonds is 5. The Kier molecular flexibility index (Phi) is 5.26. The maximum absolute atomic E-state index is 15.1. The number of hydrogen-bond acceptors (Lipinski definition) is 5. The molecule has 166 valence electrons. The van der Waals surface area contributed by atoms with Gasteiger partial charge >= 0.3 is 0 Å². The lowest BCUT2D eigenvalue weighted by Crippen LogP contribution is -2.15. The van der Waals surface area contributed by atoms with Crippen molar-refractivity contribution in [3.8, 4) is 16.9 Å². The molecule has 0 aliphatic heterocycles. The minimum atomic E-state index is -0.716. The molecule has 4 aromatic rings. The fourth-order valence-corrected chi connectivity index (χ4v) is 3.92. The first-order valence-corrected chi connectivity index (χ1v) is 10.5. The third kappa shape index (κ3) is 4.14. The van der Waals surface area contributed by atoms with E-state index in [-0.39, 0.29) is 22.2 Å². The SMILES string of the molecule is Nc1cc(F)ccc1-c1cc(F)c(C(=O)Nc2cnc(-n3nccn3)c(Cl)c2)cc1C1CC1. The van der Waals surface area contributed by atoms with Gasteiger partial charge in [0.15, 0.2) is 5.82 Å². The molecule has 10 heteroatoms. The summed E-state index contributed by atoms with van der Waals surface area (Å²) in [6.07, 6.45) is 6.19. The van der Waals surface area contributed by atoms with Gasteiger partial charge in [0.1, 0.15) is 11.6 Å². The molecule has 2 aromatic heterocycles. The largest absolute Gasteiger partial charge is 0.398 e. The maximum atomic E-state index is 15.1. The number of carbonyl (C=O) groups excluding carboxylic acids is 1. The Labute approximate surface area is 192 Å². The molecule has 0 radical (unpaired) electrons. The van der Waals surface area contributed by atoms with Gasteiger partial charge in [-0.15, -0.1) is 4.80 Å². The number of pyridine rings is 1. The zero-order valence-electron chi connectivity index (χ0n) is 17.1. The number of carbonyl (C=O) groups is 1. The molecule has 2 heterocycles. The van der Waals surface area contributed by atoms with E-state index in [2.05, 4.69) is 20.5 Å². The first kappa shape index (κ1) is 21.0. The van der Waals surface area contributed by atoms with Gasteiger partial charge in [0.05, 0.1) is 34.9 Å². The van der Waals surface area contributed by atoms with Crippen LogP contribution in [0.25, 0.3) is 16.9 Å². The normalized spacial score (nSPS) is 13.2. The second-order valence-corrected chi connectivity index (χ2v) is 8.13. The fourth-order valence-electron chi connectivity index (χ4n) is 3.68. The summed E-state index contributed by atoms with van der Waals surface area (Å²) in [5.41, 5.74) is 8.26. The van der Waals surface area contributed by atoms with Gasteiger partial charge in [-0.1, -0.05) is 11.6 Å². The molecule has 0 saturated heterocycles. The summed E-state index contributed by atoms with van der Waals surface area (Å²) in [5.74, 6) is -1.35. The standard InChI is InChI=1S/C23H17ClF2N6O/c24-19-8-14(11-28-22(19)32-29-5-6-30-32)31-23(33)18-9-16(12-1-2-12)17(10-20(18)26)15-4-3-13(25)7-21(15)27/h3-12H,1-2,27H2,(H,31,33). The van der Waals surface area contributed by atoms with E-state index in [1.54, 1.807) is 0 Å². The predicted molar refractivity (Wildman–Crippen MR) is 120 cm³/mol. The smallest absolute Gasteiger partial charge is 0.258 e. The molecule has 33 heavy (non-hydrogen) atoms. The van der Waals surface area contributed by atoms with Crippen molar-refractivity contribution in [2.24, 2.45) is 0 Å². The van der Waals surface area contributed by atoms with Crippen molar-refractivity contribution < 1.29 is 13.6 Å². The first-order valence-electron chi connectivity index (χ1n) is 10.1. The van der Waals surface area contributed by atoms with E-state index in [9.17, 15) is 9.18 Å². The molecule has 1 aliphatic carbocycles. The molecule has 1 fully saturated rings. The van der Waals surface area contributed by atoms with E-state index in [4.69, 9.17) is 17.3 Å². The van der Waals surface area contributed by atoms with E-state index in [0.717, 1.165) is 18.4 Å². The van der Waals surface area contributed by atoms with Crippen molar-refractivity contribution in [1.82, 2.24) is 20.0 Å². The zero-order valence-corrected chi connectivity index (χ0v) is 17.9. The average molecular weight is 467 g/mol. The predicted octanol–water partition coefficient (Wildman–Crippen LogP) is 4.97. The highest BCUT2D eigenvalue weighted by molar-refractivity contribution is 6.32. The number of aromatic nitrogens is 4. The Morgan fingerprint density at radius 1 is 1.09 bits per heavy atom. The quantitative estimate of drug-likeness (QED) is 0.404. The summed E-state index contributed by atoms with van der Waals surface area (Å²) in [4.78, 5) is 18.3. The van der Waals surface area contributed by atoms with Crippen molar-refractivity contribution in [1.29, 1.82) is 0 Å². The second-order valence-electron chi connectivity index (χ2n) is 7.73. The number of amides is 1. The van der Waals surface area contributed by atoms with Gasteiger partial charge in [-0.25, -0.2) is 13.8 Å². The van der Waals surface area contributed by atoms with Crippen LogP contribution in [0.4, 0.5) is 20.2 Å².